The minimum atomic E-state index is -0.0889. The molecule has 3 N–H and O–H groups in total. The number of methoxy groups -OCH3 is 1. The fourth-order valence-corrected chi connectivity index (χ4v) is 1.77. The number of carbonyl (C=O) groups is 1. The smallest absolute Gasteiger partial charge is 0.259 e. The summed E-state index contributed by atoms with van der Waals surface area (Å²) in [5, 5.41) is 3.04. The van der Waals surface area contributed by atoms with E-state index in [1.165, 1.54) is 4.90 Å². The zero-order chi connectivity index (χ0) is 17.2. The molecule has 0 fully saturated rings. The van der Waals surface area contributed by atoms with Crippen molar-refractivity contribution in [2.24, 2.45) is 10.7 Å². The summed E-state index contributed by atoms with van der Waals surface area (Å²) in [4.78, 5) is 17.3. The highest BCUT2D eigenvalue weighted by Crippen LogP contribution is 2.14. The number of halogens is 1. The van der Waals surface area contributed by atoms with Gasteiger partial charge in [-0.3, -0.25) is 4.79 Å². The number of hydrogen-bond acceptors (Lipinski definition) is 4. The number of nitrogens with two attached hydrogens (primary N) is 1. The van der Waals surface area contributed by atoms with E-state index in [2.05, 4.69) is 10.3 Å². The van der Waals surface area contributed by atoms with E-state index >= 15 is 0 Å². The summed E-state index contributed by atoms with van der Waals surface area (Å²) < 4.78 is 10.5. The van der Waals surface area contributed by atoms with Gasteiger partial charge in [0, 0.05) is 27.2 Å². The summed E-state index contributed by atoms with van der Waals surface area (Å²) in [5.41, 5.74) is 6.77. The Morgan fingerprint density at radius 3 is 2.75 bits per heavy atom. The lowest BCUT2D eigenvalue weighted by Crippen LogP contribution is -2.40. The molecule has 0 spiro atoms. The van der Waals surface area contributed by atoms with Crippen LogP contribution in [-0.4, -0.2) is 57.2 Å². The molecule has 7 nitrogen and oxygen atoms in total. The largest absolute Gasteiger partial charge is 0.484 e. The van der Waals surface area contributed by atoms with Gasteiger partial charge in [0.1, 0.15) is 5.75 Å². The van der Waals surface area contributed by atoms with Crippen LogP contribution in [-0.2, 0) is 16.1 Å². The van der Waals surface area contributed by atoms with Crippen LogP contribution in [0.5, 0.6) is 5.75 Å². The molecule has 0 aromatic heterocycles. The quantitative estimate of drug-likeness (QED) is 0.353. The maximum Gasteiger partial charge on any atom is 0.259 e. The number of aliphatic imine (C=N–C) groups is 1. The van der Waals surface area contributed by atoms with Gasteiger partial charge in [0.15, 0.2) is 12.6 Å². The van der Waals surface area contributed by atoms with Crippen molar-refractivity contribution in [1.29, 1.82) is 0 Å². The molecule has 1 aromatic rings. The molecule has 0 heterocycles. The van der Waals surface area contributed by atoms with Crippen LogP contribution in [0.15, 0.2) is 29.3 Å². The van der Waals surface area contributed by atoms with Crippen LogP contribution in [0, 0.1) is 0 Å². The number of amides is 1. The molecule has 0 aliphatic carbocycles. The first kappa shape index (κ1) is 22.4. The summed E-state index contributed by atoms with van der Waals surface area (Å²) in [6.45, 7) is 2.96. The molecule has 24 heavy (non-hydrogen) atoms. The zero-order valence-corrected chi connectivity index (χ0v) is 16.9. The van der Waals surface area contributed by atoms with Crippen molar-refractivity contribution in [3.8, 4) is 5.75 Å². The second-order valence-corrected chi connectivity index (χ2v) is 5.43. The third-order valence-electron chi connectivity index (χ3n) is 3.00. The highest BCUT2D eigenvalue weighted by Gasteiger charge is 2.05. The Hall–Kier alpha value is -1.55. The summed E-state index contributed by atoms with van der Waals surface area (Å²) in [6.07, 6.45) is 0. The molecule has 0 saturated carbocycles. The predicted molar refractivity (Wildman–Crippen MR) is 106 cm³/mol. The lowest BCUT2D eigenvalue weighted by Gasteiger charge is -2.13. The van der Waals surface area contributed by atoms with Gasteiger partial charge in [-0.1, -0.05) is 12.1 Å². The van der Waals surface area contributed by atoms with Gasteiger partial charge in [0.25, 0.3) is 5.91 Å². The minimum absolute atomic E-state index is 0. The van der Waals surface area contributed by atoms with Crippen molar-refractivity contribution in [3.63, 3.8) is 0 Å². The molecular formula is C16H27IN4O3. The minimum Gasteiger partial charge on any atom is -0.484 e. The third kappa shape index (κ3) is 8.92. The van der Waals surface area contributed by atoms with Gasteiger partial charge in [-0.15, -0.1) is 24.0 Å². The topological polar surface area (TPSA) is 89.2 Å². The van der Waals surface area contributed by atoms with E-state index in [-0.39, 0.29) is 42.5 Å². The SMILES string of the molecule is COCC(C)NC(N)=NCc1cccc(OCC(=O)N(C)C)c1.I. The van der Waals surface area contributed by atoms with E-state index in [4.69, 9.17) is 15.2 Å². The maximum atomic E-state index is 11.5. The summed E-state index contributed by atoms with van der Waals surface area (Å²) >= 11 is 0. The fraction of sp³-hybridized carbons (Fsp3) is 0.500. The van der Waals surface area contributed by atoms with Crippen LogP contribution in [0.1, 0.15) is 12.5 Å². The van der Waals surface area contributed by atoms with Gasteiger partial charge in [-0.05, 0) is 24.6 Å². The van der Waals surface area contributed by atoms with Crippen molar-refractivity contribution >= 4 is 35.8 Å². The highest BCUT2D eigenvalue weighted by atomic mass is 127. The average molecular weight is 450 g/mol. The van der Waals surface area contributed by atoms with Gasteiger partial charge in [0.05, 0.1) is 13.2 Å². The Morgan fingerprint density at radius 2 is 2.12 bits per heavy atom. The van der Waals surface area contributed by atoms with E-state index < -0.39 is 0 Å². The van der Waals surface area contributed by atoms with Gasteiger partial charge in [-0.2, -0.15) is 0 Å². The Bertz CT molecular complexity index is 538. The molecule has 0 aliphatic heterocycles. The first-order valence-corrected chi connectivity index (χ1v) is 7.39. The molecule has 136 valence electrons. The predicted octanol–water partition coefficient (Wildman–Crippen LogP) is 1.21. The number of benzene rings is 1. The zero-order valence-electron chi connectivity index (χ0n) is 14.6. The number of guanidine groups is 1. The van der Waals surface area contributed by atoms with Gasteiger partial charge >= 0.3 is 0 Å². The Balaban J connectivity index is 0.00000529. The van der Waals surface area contributed by atoms with E-state index in [0.717, 1.165) is 5.56 Å². The van der Waals surface area contributed by atoms with Crippen LogP contribution in [0.4, 0.5) is 0 Å². The highest BCUT2D eigenvalue weighted by molar-refractivity contribution is 14.0. The van der Waals surface area contributed by atoms with Crippen molar-refractivity contribution in [3.05, 3.63) is 29.8 Å². The molecule has 1 unspecified atom stereocenters. The van der Waals surface area contributed by atoms with Crippen molar-refractivity contribution in [2.75, 3.05) is 34.4 Å². The molecule has 1 aromatic carbocycles. The second-order valence-electron chi connectivity index (χ2n) is 5.43. The van der Waals surface area contributed by atoms with Crippen LogP contribution in [0.3, 0.4) is 0 Å². The standard InChI is InChI=1S/C16H26N4O3.HI/c1-12(10-22-4)19-16(17)18-9-13-6-5-7-14(8-13)23-11-15(21)20(2)3;/h5-8,12H,9-11H2,1-4H3,(H3,17,18,19);1H. The molecule has 1 rings (SSSR count). The van der Waals surface area contributed by atoms with E-state index in [1.807, 2.05) is 25.1 Å². The normalized spacial score (nSPS) is 12.1. The van der Waals surface area contributed by atoms with Crippen LogP contribution in [0.25, 0.3) is 0 Å². The molecule has 0 saturated heterocycles. The molecule has 0 radical (unpaired) electrons. The van der Waals surface area contributed by atoms with E-state index in [0.29, 0.717) is 24.9 Å². The fourth-order valence-electron chi connectivity index (χ4n) is 1.77. The molecule has 1 amide bonds. The number of rotatable bonds is 8. The Labute approximate surface area is 160 Å². The number of nitrogens with one attached hydrogen (secondary N) is 1. The van der Waals surface area contributed by atoms with Crippen LogP contribution in [0.2, 0.25) is 0 Å². The van der Waals surface area contributed by atoms with Gasteiger partial charge in [-0.25, -0.2) is 4.99 Å². The molecule has 8 heteroatoms. The van der Waals surface area contributed by atoms with Crippen molar-refractivity contribution in [2.45, 2.75) is 19.5 Å². The monoisotopic (exact) mass is 450 g/mol. The number of carbonyl (C=O) groups excluding carboxylic acids is 1. The van der Waals surface area contributed by atoms with Crippen LogP contribution < -0.4 is 15.8 Å². The van der Waals surface area contributed by atoms with Crippen LogP contribution >= 0.6 is 24.0 Å². The summed E-state index contributed by atoms with van der Waals surface area (Å²) in [5.74, 6) is 0.907. The summed E-state index contributed by atoms with van der Waals surface area (Å²) in [7, 11) is 5.02. The average Bonchev–Trinajstić information content (AvgIpc) is 2.51. The molecule has 0 bridgehead atoms. The van der Waals surface area contributed by atoms with Crippen molar-refractivity contribution < 1.29 is 14.3 Å². The lowest BCUT2D eigenvalue weighted by molar-refractivity contribution is -0.130. The number of likely N-dealkylation sites (N-methyl/N-ethyl adjacent to an activating group) is 1. The Kier molecular flexibility index (Phi) is 11.1. The van der Waals surface area contributed by atoms with E-state index in [1.54, 1.807) is 27.3 Å². The second kappa shape index (κ2) is 11.9. The van der Waals surface area contributed by atoms with Gasteiger partial charge in [0.2, 0.25) is 0 Å². The number of nitrogens with zero attached hydrogens (tertiary/aromatic N) is 2. The number of hydrogen-bond donors (Lipinski definition) is 2. The number of ether oxygens (including phenoxy) is 2. The molecule has 0 aliphatic rings. The van der Waals surface area contributed by atoms with E-state index in [9.17, 15) is 4.79 Å². The molecular weight excluding hydrogens is 423 g/mol. The molecule has 1 atom stereocenters. The van der Waals surface area contributed by atoms with Gasteiger partial charge < -0.3 is 25.4 Å². The lowest BCUT2D eigenvalue weighted by atomic mass is 10.2. The maximum absolute atomic E-state index is 11.5. The summed E-state index contributed by atoms with van der Waals surface area (Å²) in [6, 6.07) is 7.53. The first-order chi connectivity index (χ1) is 10.9. The third-order valence-corrected chi connectivity index (χ3v) is 3.00. The Morgan fingerprint density at radius 1 is 1.42 bits per heavy atom. The van der Waals surface area contributed by atoms with Crippen molar-refractivity contribution in [1.82, 2.24) is 10.2 Å². The first-order valence-electron chi connectivity index (χ1n) is 7.39.